The van der Waals surface area contributed by atoms with Gasteiger partial charge in [0.05, 0.1) is 24.1 Å². The van der Waals surface area contributed by atoms with Crippen LogP contribution in [0.15, 0.2) is 30.6 Å². The van der Waals surface area contributed by atoms with Crippen LogP contribution in [0.5, 0.6) is 0 Å². The van der Waals surface area contributed by atoms with E-state index < -0.39 is 5.91 Å². The lowest BCUT2D eigenvalue weighted by Gasteiger charge is -2.09. The average molecular weight is 246 g/mol. The number of carbonyl (C=O) groups is 1. The molecule has 1 amide bonds. The molecule has 0 radical (unpaired) electrons. The number of primary amides is 1. The molecule has 2 rings (SSSR count). The van der Waals surface area contributed by atoms with Gasteiger partial charge in [-0.15, -0.1) is 5.10 Å². The van der Waals surface area contributed by atoms with E-state index in [2.05, 4.69) is 15.6 Å². The summed E-state index contributed by atoms with van der Waals surface area (Å²) in [5, 5.41) is 10.7. The van der Waals surface area contributed by atoms with Gasteiger partial charge in [-0.05, 0) is 18.2 Å². The molecule has 0 spiro atoms. The van der Waals surface area contributed by atoms with Crippen molar-refractivity contribution in [2.45, 2.75) is 6.54 Å². The van der Waals surface area contributed by atoms with Gasteiger partial charge in [-0.3, -0.25) is 9.48 Å². The summed E-state index contributed by atoms with van der Waals surface area (Å²) in [5.41, 5.74) is 12.6. The normalized spacial score (nSPS) is 10.2. The van der Waals surface area contributed by atoms with Crippen molar-refractivity contribution in [2.75, 3.05) is 17.6 Å². The molecular formula is C11H14N6O. The third-order valence-electron chi connectivity index (χ3n) is 2.46. The maximum Gasteiger partial charge on any atom is 0.248 e. The zero-order valence-corrected chi connectivity index (χ0v) is 9.71. The summed E-state index contributed by atoms with van der Waals surface area (Å²) in [4.78, 5) is 11.0. The first kappa shape index (κ1) is 11.9. The summed E-state index contributed by atoms with van der Waals surface area (Å²) < 4.78 is 1.71. The van der Waals surface area contributed by atoms with Crippen molar-refractivity contribution in [2.24, 2.45) is 5.73 Å². The number of rotatable bonds is 5. The number of carbonyl (C=O) groups excluding carboxylic acids is 1. The van der Waals surface area contributed by atoms with Crippen LogP contribution in [0.2, 0.25) is 0 Å². The molecule has 0 atom stereocenters. The highest BCUT2D eigenvalue weighted by atomic mass is 16.1. The molecular weight excluding hydrogens is 232 g/mol. The van der Waals surface area contributed by atoms with Gasteiger partial charge in [0.1, 0.15) is 0 Å². The van der Waals surface area contributed by atoms with E-state index in [-0.39, 0.29) is 0 Å². The molecule has 0 saturated heterocycles. The molecule has 0 aliphatic carbocycles. The van der Waals surface area contributed by atoms with Gasteiger partial charge in [0.15, 0.2) is 0 Å². The molecule has 1 heterocycles. The fourth-order valence-electron chi connectivity index (χ4n) is 1.53. The highest BCUT2D eigenvalue weighted by Crippen LogP contribution is 2.19. The number of nitrogens with one attached hydrogen (secondary N) is 1. The Labute approximate surface area is 104 Å². The lowest BCUT2D eigenvalue weighted by molar-refractivity contribution is 0.100. The molecule has 0 aliphatic heterocycles. The molecule has 7 heteroatoms. The van der Waals surface area contributed by atoms with Gasteiger partial charge in [-0.1, -0.05) is 5.21 Å². The van der Waals surface area contributed by atoms with E-state index in [4.69, 9.17) is 11.5 Å². The number of nitrogen functional groups attached to an aromatic ring is 1. The van der Waals surface area contributed by atoms with E-state index in [1.165, 1.54) is 0 Å². The average Bonchev–Trinajstić information content (AvgIpc) is 2.84. The van der Waals surface area contributed by atoms with Gasteiger partial charge in [0, 0.05) is 18.3 Å². The van der Waals surface area contributed by atoms with Crippen molar-refractivity contribution in [3.8, 4) is 0 Å². The number of amides is 1. The lowest BCUT2D eigenvalue weighted by Crippen LogP contribution is -2.14. The Morgan fingerprint density at radius 1 is 1.44 bits per heavy atom. The zero-order valence-electron chi connectivity index (χ0n) is 9.71. The second kappa shape index (κ2) is 5.17. The van der Waals surface area contributed by atoms with Crippen molar-refractivity contribution in [1.29, 1.82) is 0 Å². The molecule has 0 bridgehead atoms. The maximum atomic E-state index is 11.0. The van der Waals surface area contributed by atoms with Crippen molar-refractivity contribution < 1.29 is 4.79 Å². The molecule has 1 aromatic carbocycles. The Hall–Kier alpha value is -2.57. The van der Waals surface area contributed by atoms with E-state index >= 15 is 0 Å². The van der Waals surface area contributed by atoms with E-state index in [9.17, 15) is 4.79 Å². The van der Waals surface area contributed by atoms with Crippen molar-refractivity contribution in [3.05, 3.63) is 36.2 Å². The maximum absolute atomic E-state index is 11.0. The topological polar surface area (TPSA) is 112 Å². The number of hydrogen-bond donors (Lipinski definition) is 3. The number of nitrogens with two attached hydrogens (primary N) is 2. The summed E-state index contributed by atoms with van der Waals surface area (Å²) in [6.07, 6.45) is 3.40. The molecule has 94 valence electrons. The van der Waals surface area contributed by atoms with Gasteiger partial charge in [-0.25, -0.2) is 0 Å². The number of anilines is 2. The minimum Gasteiger partial charge on any atom is -0.397 e. The second-order valence-electron chi connectivity index (χ2n) is 3.76. The summed E-state index contributed by atoms with van der Waals surface area (Å²) in [6, 6.07) is 4.92. The Morgan fingerprint density at radius 2 is 2.28 bits per heavy atom. The molecule has 7 nitrogen and oxygen atoms in total. The van der Waals surface area contributed by atoms with Crippen LogP contribution in [0.1, 0.15) is 10.4 Å². The largest absolute Gasteiger partial charge is 0.397 e. The van der Waals surface area contributed by atoms with Crippen LogP contribution < -0.4 is 16.8 Å². The SMILES string of the molecule is NC(=O)c1ccc(NCCn2ccnn2)c(N)c1. The van der Waals surface area contributed by atoms with Gasteiger partial charge >= 0.3 is 0 Å². The first-order valence-electron chi connectivity index (χ1n) is 5.44. The van der Waals surface area contributed by atoms with E-state index in [1.54, 1.807) is 35.3 Å². The lowest BCUT2D eigenvalue weighted by atomic mass is 10.1. The molecule has 0 saturated carbocycles. The molecule has 18 heavy (non-hydrogen) atoms. The van der Waals surface area contributed by atoms with Gasteiger partial charge in [0.25, 0.3) is 0 Å². The molecule has 5 N–H and O–H groups in total. The fourth-order valence-corrected chi connectivity index (χ4v) is 1.53. The first-order chi connectivity index (χ1) is 8.66. The second-order valence-corrected chi connectivity index (χ2v) is 3.76. The summed E-state index contributed by atoms with van der Waals surface area (Å²) in [6.45, 7) is 1.33. The number of nitrogens with zero attached hydrogens (tertiary/aromatic N) is 3. The minimum absolute atomic E-state index is 0.398. The summed E-state index contributed by atoms with van der Waals surface area (Å²) >= 11 is 0. The smallest absolute Gasteiger partial charge is 0.248 e. The Bertz CT molecular complexity index is 536. The van der Waals surface area contributed by atoms with Crippen molar-refractivity contribution >= 4 is 17.3 Å². The predicted molar refractivity (Wildman–Crippen MR) is 67.9 cm³/mol. The summed E-state index contributed by atoms with van der Waals surface area (Å²) in [5.74, 6) is -0.490. The third kappa shape index (κ3) is 2.76. The third-order valence-corrected chi connectivity index (χ3v) is 2.46. The molecule has 0 aliphatic rings. The van der Waals surface area contributed by atoms with Crippen LogP contribution in [0.3, 0.4) is 0 Å². The van der Waals surface area contributed by atoms with Crippen LogP contribution >= 0.6 is 0 Å². The predicted octanol–water partition coefficient (Wildman–Crippen LogP) is 0.0713. The summed E-state index contributed by atoms with van der Waals surface area (Å²) in [7, 11) is 0. The highest BCUT2D eigenvalue weighted by molar-refractivity contribution is 5.94. The van der Waals surface area contributed by atoms with E-state index in [1.807, 2.05) is 0 Å². The van der Waals surface area contributed by atoms with E-state index in [0.717, 1.165) is 5.69 Å². The molecule has 0 fully saturated rings. The number of benzene rings is 1. The zero-order chi connectivity index (χ0) is 13.0. The van der Waals surface area contributed by atoms with E-state index in [0.29, 0.717) is 24.3 Å². The van der Waals surface area contributed by atoms with Gasteiger partial charge in [-0.2, -0.15) is 0 Å². The van der Waals surface area contributed by atoms with Gasteiger partial charge < -0.3 is 16.8 Å². The Balaban J connectivity index is 1.95. The van der Waals surface area contributed by atoms with Crippen molar-refractivity contribution in [3.63, 3.8) is 0 Å². The van der Waals surface area contributed by atoms with Crippen LogP contribution in [0, 0.1) is 0 Å². The first-order valence-corrected chi connectivity index (χ1v) is 5.44. The molecule has 0 unspecified atom stereocenters. The number of hydrogen-bond acceptors (Lipinski definition) is 5. The van der Waals surface area contributed by atoms with Crippen LogP contribution in [0.4, 0.5) is 11.4 Å². The highest BCUT2D eigenvalue weighted by Gasteiger charge is 2.04. The monoisotopic (exact) mass is 246 g/mol. The van der Waals surface area contributed by atoms with Crippen LogP contribution in [-0.2, 0) is 6.54 Å². The minimum atomic E-state index is -0.490. The Morgan fingerprint density at radius 3 is 2.89 bits per heavy atom. The quantitative estimate of drug-likeness (QED) is 0.646. The number of aromatic nitrogens is 3. The molecule has 2 aromatic rings. The van der Waals surface area contributed by atoms with Crippen LogP contribution in [-0.4, -0.2) is 27.4 Å². The standard InChI is InChI=1S/C11H14N6O/c12-9-7-8(11(13)18)1-2-10(9)14-3-5-17-6-4-15-16-17/h1-2,4,6-7,14H,3,5,12H2,(H2,13,18). The Kier molecular flexibility index (Phi) is 3.42. The fraction of sp³-hybridized carbons (Fsp3) is 0.182. The van der Waals surface area contributed by atoms with Crippen molar-refractivity contribution in [1.82, 2.24) is 15.0 Å². The van der Waals surface area contributed by atoms with Crippen LogP contribution in [0.25, 0.3) is 0 Å². The molecule has 1 aromatic heterocycles. The van der Waals surface area contributed by atoms with Gasteiger partial charge in [0.2, 0.25) is 5.91 Å².